The molecule has 0 bridgehead atoms. The Balaban J connectivity index is 2.07. The molecule has 7 heteroatoms. The Labute approximate surface area is 113 Å². The number of nitrogens with zero attached hydrogens (tertiary/aromatic N) is 2. The number of rotatable bonds is 5. The predicted molar refractivity (Wildman–Crippen MR) is 65.3 cm³/mol. The van der Waals surface area contributed by atoms with E-state index in [1.807, 2.05) is 0 Å². The molecule has 1 aromatic carbocycles. The third-order valence-corrected chi connectivity index (χ3v) is 2.72. The summed E-state index contributed by atoms with van der Waals surface area (Å²) in [5.41, 5.74) is 0.430. The Morgan fingerprint density at radius 1 is 1.42 bits per heavy atom. The van der Waals surface area contributed by atoms with E-state index in [9.17, 15) is 9.18 Å². The Hall–Kier alpha value is -1.95. The number of aliphatic carboxylic acids is 1. The standard InChI is InChI=1S/C12H10ClFN2O3/c13-8-5-4-7(6-9(8)14)12-16-15-10(19-12)2-1-3-11(17)18/h4-6H,1-3H2,(H,17,18). The number of halogens is 2. The van der Waals surface area contributed by atoms with E-state index in [-0.39, 0.29) is 17.3 Å². The van der Waals surface area contributed by atoms with Crippen LogP contribution in [0.4, 0.5) is 4.39 Å². The highest BCUT2D eigenvalue weighted by Gasteiger charge is 2.11. The van der Waals surface area contributed by atoms with Gasteiger partial charge in [-0.2, -0.15) is 0 Å². The summed E-state index contributed by atoms with van der Waals surface area (Å²) in [4.78, 5) is 10.4. The van der Waals surface area contributed by atoms with Crippen LogP contribution in [0.25, 0.3) is 11.5 Å². The lowest BCUT2D eigenvalue weighted by Crippen LogP contribution is -1.95. The molecular formula is C12H10ClFN2O3. The van der Waals surface area contributed by atoms with Gasteiger partial charge in [-0.15, -0.1) is 10.2 Å². The summed E-state index contributed by atoms with van der Waals surface area (Å²) in [6, 6.07) is 4.18. The van der Waals surface area contributed by atoms with E-state index < -0.39 is 11.8 Å². The zero-order valence-electron chi connectivity index (χ0n) is 9.77. The normalized spacial score (nSPS) is 10.6. The van der Waals surface area contributed by atoms with E-state index in [1.54, 1.807) is 6.07 Å². The van der Waals surface area contributed by atoms with Crippen LogP contribution in [0.15, 0.2) is 22.6 Å². The van der Waals surface area contributed by atoms with Crippen LogP contribution in [-0.4, -0.2) is 21.3 Å². The Bertz CT molecular complexity index is 600. The summed E-state index contributed by atoms with van der Waals surface area (Å²) in [5.74, 6) is -0.934. The van der Waals surface area contributed by atoms with Crippen molar-refractivity contribution < 1.29 is 18.7 Å². The maximum atomic E-state index is 13.3. The Morgan fingerprint density at radius 2 is 2.21 bits per heavy atom. The minimum absolute atomic E-state index is 0.0185. The van der Waals surface area contributed by atoms with Crippen molar-refractivity contribution in [2.45, 2.75) is 19.3 Å². The van der Waals surface area contributed by atoms with E-state index in [2.05, 4.69) is 10.2 Å². The minimum Gasteiger partial charge on any atom is -0.481 e. The molecule has 1 heterocycles. The van der Waals surface area contributed by atoms with Gasteiger partial charge in [0.05, 0.1) is 5.02 Å². The van der Waals surface area contributed by atoms with Crippen LogP contribution in [0.3, 0.4) is 0 Å². The van der Waals surface area contributed by atoms with Crippen molar-refractivity contribution in [3.63, 3.8) is 0 Å². The van der Waals surface area contributed by atoms with Crippen LogP contribution >= 0.6 is 11.6 Å². The fraction of sp³-hybridized carbons (Fsp3) is 0.250. The Morgan fingerprint density at radius 3 is 2.89 bits per heavy atom. The summed E-state index contributed by atoms with van der Waals surface area (Å²) in [6.07, 6.45) is 0.814. The first-order valence-corrected chi connectivity index (χ1v) is 5.93. The molecule has 0 atom stereocenters. The van der Waals surface area contributed by atoms with Crippen molar-refractivity contribution in [1.29, 1.82) is 0 Å². The number of hydrogen-bond acceptors (Lipinski definition) is 4. The third-order valence-electron chi connectivity index (χ3n) is 2.41. The van der Waals surface area contributed by atoms with Crippen molar-refractivity contribution in [3.05, 3.63) is 34.9 Å². The van der Waals surface area contributed by atoms with Gasteiger partial charge in [0.15, 0.2) is 0 Å². The van der Waals surface area contributed by atoms with Crippen molar-refractivity contribution in [1.82, 2.24) is 10.2 Å². The van der Waals surface area contributed by atoms with Gasteiger partial charge in [0.2, 0.25) is 11.8 Å². The third kappa shape index (κ3) is 3.51. The molecule has 0 spiro atoms. The van der Waals surface area contributed by atoms with Gasteiger partial charge in [0.25, 0.3) is 0 Å². The highest BCUT2D eigenvalue weighted by Crippen LogP contribution is 2.23. The molecule has 1 aromatic heterocycles. The molecule has 0 amide bonds. The molecule has 0 aliphatic rings. The molecule has 0 fully saturated rings. The lowest BCUT2D eigenvalue weighted by atomic mass is 10.2. The summed E-state index contributed by atoms with van der Waals surface area (Å²) >= 11 is 5.57. The van der Waals surface area contributed by atoms with Crippen LogP contribution < -0.4 is 0 Å². The molecule has 1 N–H and O–H groups in total. The first kappa shape index (κ1) is 13.5. The molecule has 0 saturated heterocycles. The molecule has 0 unspecified atom stereocenters. The van der Waals surface area contributed by atoms with Crippen molar-refractivity contribution in [2.75, 3.05) is 0 Å². The van der Waals surface area contributed by atoms with E-state index >= 15 is 0 Å². The average Bonchev–Trinajstić information content (AvgIpc) is 2.81. The topological polar surface area (TPSA) is 76.2 Å². The lowest BCUT2D eigenvalue weighted by Gasteiger charge is -1.97. The van der Waals surface area contributed by atoms with E-state index in [0.717, 1.165) is 0 Å². The Kier molecular flexibility index (Phi) is 4.11. The molecule has 0 aliphatic heterocycles. The monoisotopic (exact) mass is 284 g/mol. The number of hydrogen-bond donors (Lipinski definition) is 1. The largest absolute Gasteiger partial charge is 0.481 e. The number of carboxylic acids is 1. The number of carbonyl (C=O) groups is 1. The summed E-state index contributed by atoms with van der Waals surface area (Å²) in [6.45, 7) is 0. The molecule has 0 aliphatic carbocycles. The number of carboxylic acid groups (broad SMARTS) is 1. The van der Waals surface area contributed by atoms with Gasteiger partial charge >= 0.3 is 5.97 Å². The second-order valence-electron chi connectivity index (χ2n) is 3.88. The van der Waals surface area contributed by atoms with Crippen LogP contribution in [0.5, 0.6) is 0 Å². The highest BCUT2D eigenvalue weighted by atomic mass is 35.5. The number of aryl methyl sites for hydroxylation is 1. The molecule has 19 heavy (non-hydrogen) atoms. The molecular weight excluding hydrogens is 275 g/mol. The van der Waals surface area contributed by atoms with E-state index in [0.29, 0.717) is 24.3 Å². The molecule has 0 radical (unpaired) electrons. The molecule has 0 saturated carbocycles. The first-order valence-electron chi connectivity index (χ1n) is 5.56. The van der Waals surface area contributed by atoms with Gasteiger partial charge < -0.3 is 9.52 Å². The van der Waals surface area contributed by atoms with Crippen LogP contribution in [0, 0.1) is 5.82 Å². The van der Waals surface area contributed by atoms with Gasteiger partial charge in [-0.3, -0.25) is 4.79 Å². The lowest BCUT2D eigenvalue weighted by molar-refractivity contribution is -0.137. The van der Waals surface area contributed by atoms with Gasteiger partial charge in [-0.1, -0.05) is 11.6 Å². The van der Waals surface area contributed by atoms with Crippen LogP contribution in [0.1, 0.15) is 18.7 Å². The fourth-order valence-electron chi connectivity index (χ4n) is 1.49. The maximum Gasteiger partial charge on any atom is 0.303 e. The van der Waals surface area contributed by atoms with Gasteiger partial charge in [0.1, 0.15) is 5.82 Å². The van der Waals surface area contributed by atoms with Gasteiger partial charge in [-0.25, -0.2) is 4.39 Å². The fourth-order valence-corrected chi connectivity index (χ4v) is 1.61. The van der Waals surface area contributed by atoms with Crippen LogP contribution in [0.2, 0.25) is 5.02 Å². The highest BCUT2D eigenvalue weighted by molar-refractivity contribution is 6.30. The maximum absolute atomic E-state index is 13.3. The molecule has 2 aromatic rings. The zero-order chi connectivity index (χ0) is 13.8. The van der Waals surface area contributed by atoms with Gasteiger partial charge in [-0.05, 0) is 24.6 Å². The van der Waals surface area contributed by atoms with Crippen molar-refractivity contribution in [3.8, 4) is 11.5 Å². The van der Waals surface area contributed by atoms with Gasteiger partial charge in [0, 0.05) is 18.4 Å². The number of benzene rings is 1. The van der Waals surface area contributed by atoms with Crippen molar-refractivity contribution >= 4 is 17.6 Å². The summed E-state index contributed by atoms with van der Waals surface area (Å²) < 4.78 is 18.6. The van der Waals surface area contributed by atoms with Crippen LogP contribution in [-0.2, 0) is 11.2 Å². The molecule has 100 valence electrons. The molecule has 2 rings (SSSR count). The second kappa shape index (κ2) is 5.79. The zero-order valence-corrected chi connectivity index (χ0v) is 10.5. The summed E-state index contributed by atoms with van der Waals surface area (Å²) in [7, 11) is 0. The predicted octanol–water partition coefficient (Wildman–Crippen LogP) is 2.94. The average molecular weight is 285 g/mol. The first-order chi connectivity index (χ1) is 9.06. The molecule has 5 nitrogen and oxygen atoms in total. The SMILES string of the molecule is O=C(O)CCCc1nnc(-c2ccc(Cl)c(F)c2)o1. The minimum atomic E-state index is -0.875. The van der Waals surface area contributed by atoms with E-state index in [4.69, 9.17) is 21.1 Å². The smallest absolute Gasteiger partial charge is 0.303 e. The quantitative estimate of drug-likeness (QED) is 0.913. The summed E-state index contributed by atoms with van der Waals surface area (Å²) in [5, 5.41) is 16.1. The van der Waals surface area contributed by atoms with Crippen molar-refractivity contribution in [2.24, 2.45) is 0 Å². The van der Waals surface area contributed by atoms with E-state index in [1.165, 1.54) is 12.1 Å². The number of aromatic nitrogens is 2. The second-order valence-corrected chi connectivity index (χ2v) is 4.28.